The molecule has 0 unspecified atom stereocenters. The fourth-order valence-corrected chi connectivity index (χ4v) is 1.76. The molecule has 1 N–H and O–H groups in total. The number of carbonyl (C=O) groups excluding carboxylic acids is 2. The van der Waals surface area contributed by atoms with Crippen molar-refractivity contribution in [3.63, 3.8) is 0 Å². The van der Waals surface area contributed by atoms with Gasteiger partial charge in [0.25, 0.3) is 0 Å². The number of halogens is 1. The van der Waals surface area contributed by atoms with E-state index in [1.165, 1.54) is 18.2 Å². The summed E-state index contributed by atoms with van der Waals surface area (Å²) in [5, 5.41) is 0.850. The molecule has 0 radical (unpaired) electrons. The van der Waals surface area contributed by atoms with Crippen LogP contribution in [0.15, 0.2) is 12.7 Å². The van der Waals surface area contributed by atoms with E-state index >= 15 is 0 Å². The molecule has 0 bridgehead atoms. The number of methoxy groups -OCH3 is 1. The number of amides is 1. The number of hydrogen-bond donors (Lipinski definition) is 1. The second-order valence-corrected chi connectivity index (χ2v) is 4.13. The van der Waals surface area contributed by atoms with Crippen LogP contribution in [0.3, 0.4) is 0 Å². The van der Waals surface area contributed by atoms with Gasteiger partial charge in [0.15, 0.2) is 0 Å². The molecule has 1 amide bonds. The number of hydrazine groups is 1. The van der Waals surface area contributed by atoms with Gasteiger partial charge in [0.2, 0.25) is 0 Å². The van der Waals surface area contributed by atoms with Crippen molar-refractivity contribution in [1.82, 2.24) is 10.4 Å². The average molecular weight is 263 g/mol. The SMILES string of the molecule is C=CCOC(=O)N1C[C@@H](Cl)C[C@H](C(=O)OC)N1. The summed E-state index contributed by atoms with van der Waals surface area (Å²) in [6, 6.07) is -0.632. The van der Waals surface area contributed by atoms with Crippen molar-refractivity contribution >= 4 is 23.7 Å². The summed E-state index contributed by atoms with van der Waals surface area (Å²) in [5.41, 5.74) is 2.71. The van der Waals surface area contributed by atoms with Crippen LogP contribution in [0.5, 0.6) is 0 Å². The molecule has 1 heterocycles. The number of carbonyl (C=O) groups is 2. The second kappa shape index (κ2) is 6.46. The van der Waals surface area contributed by atoms with E-state index in [-0.39, 0.29) is 18.5 Å². The molecule has 0 saturated carbocycles. The van der Waals surface area contributed by atoms with Gasteiger partial charge in [0, 0.05) is 0 Å². The standard InChI is InChI=1S/C10H15ClN2O4/c1-3-4-17-10(15)13-6-7(11)5-8(12-13)9(14)16-2/h3,7-8,12H,1,4-6H2,2H3/t7-,8+/m0/s1. The molecule has 96 valence electrons. The van der Waals surface area contributed by atoms with Gasteiger partial charge in [0.05, 0.1) is 19.0 Å². The molecular weight excluding hydrogens is 248 g/mol. The number of rotatable bonds is 3. The molecule has 1 saturated heterocycles. The lowest BCUT2D eigenvalue weighted by Crippen LogP contribution is -2.58. The van der Waals surface area contributed by atoms with E-state index in [1.807, 2.05) is 0 Å². The van der Waals surface area contributed by atoms with Gasteiger partial charge < -0.3 is 9.47 Å². The topological polar surface area (TPSA) is 67.9 Å². The molecule has 2 atom stereocenters. The lowest BCUT2D eigenvalue weighted by Gasteiger charge is -2.34. The molecule has 6 nitrogen and oxygen atoms in total. The maximum atomic E-state index is 11.5. The van der Waals surface area contributed by atoms with Crippen LogP contribution < -0.4 is 5.43 Å². The summed E-state index contributed by atoms with van der Waals surface area (Å²) in [4.78, 5) is 22.9. The van der Waals surface area contributed by atoms with Crippen molar-refractivity contribution in [3.8, 4) is 0 Å². The Morgan fingerprint density at radius 1 is 1.65 bits per heavy atom. The predicted molar refractivity (Wildman–Crippen MR) is 61.4 cm³/mol. The van der Waals surface area contributed by atoms with Crippen molar-refractivity contribution in [1.29, 1.82) is 0 Å². The molecule has 7 heteroatoms. The summed E-state index contributed by atoms with van der Waals surface area (Å²) in [5.74, 6) is -0.461. The van der Waals surface area contributed by atoms with E-state index in [0.29, 0.717) is 6.42 Å². The van der Waals surface area contributed by atoms with Gasteiger partial charge in [0.1, 0.15) is 12.6 Å². The highest BCUT2D eigenvalue weighted by molar-refractivity contribution is 6.21. The van der Waals surface area contributed by atoms with Crippen molar-refractivity contribution in [2.24, 2.45) is 0 Å². The first-order chi connectivity index (χ1) is 8.08. The predicted octanol–water partition coefficient (Wildman–Crippen LogP) is 0.668. The van der Waals surface area contributed by atoms with Gasteiger partial charge >= 0.3 is 12.1 Å². The van der Waals surface area contributed by atoms with Gasteiger partial charge in [-0.2, -0.15) is 0 Å². The first kappa shape index (κ1) is 13.8. The van der Waals surface area contributed by atoms with Crippen LogP contribution in [-0.4, -0.2) is 48.8 Å². The number of nitrogens with zero attached hydrogens (tertiary/aromatic N) is 1. The minimum atomic E-state index is -0.632. The molecule has 0 aromatic carbocycles. The minimum Gasteiger partial charge on any atom is -0.468 e. The van der Waals surface area contributed by atoms with E-state index in [4.69, 9.17) is 16.3 Å². The lowest BCUT2D eigenvalue weighted by atomic mass is 10.1. The van der Waals surface area contributed by atoms with Gasteiger partial charge in [-0.25, -0.2) is 15.2 Å². The van der Waals surface area contributed by atoms with Crippen molar-refractivity contribution in [2.75, 3.05) is 20.3 Å². The monoisotopic (exact) mass is 262 g/mol. The smallest absolute Gasteiger partial charge is 0.424 e. The Hall–Kier alpha value is -1.27. The van der Waals surface area contributed by atoms with Gasteiger partial charge in [-0.3, -0.25) is 4.79 Å². The van der Waals surface area contributed by atoms with E-state index < -0.39 is 18.1 Å². The lowest BCUT2D eigenvalue weighted by molar-refractivity contribution is -0.145. The highest BCUT2D eigenvalue weighted by Crippen LogP contribution is 2.15. The highest BCUT2D eigenvalue weighted by atomic mass is 35.5. The first-order valence-corrected chi connectivity index (χ1v) is 5.55. The van der Waals surface area contributed by atoms with Crippen LogP contribution in [0.4, 0.5) is 4.79 Å². The fourth-order valence-electron chi connectivity index (χ4n) is 1.45. The van der Waals surface area contributed by atoms with Gasteiger partial charge in [-0.05, 0) is 6.42 Å². The van der Waals surface area contributed by atoms with Crippen LogP contribution in [0.25, 0.3) is 0 Å². The number of ether oxygens (including phenoxy) is 2. The summed E-state index contributed by atoms with van der Waals surface area (Å²) >= 11 is 5.97. The quantitative estimate of drug-likeness (QED) is 0.460. The van der Waals surface area contributed by atoms with E-state index in [1.54, 1.807) is 0 Å². The molecule has 1 fully saturated rings. The Kier molecular flexibility index (Phi) is 5.24. The molecule has 0 spiro atoms. The molecule has 0 aliphatic carbocycles. The zero-order valence-electron chi connectivity index (χ0n) is 9.52. The van der Waals surface area contributed by atoms with Crippen LogP contribution in [0.1, 0.15) is 6.42 Å². The zero-order chi connectivity index (χ0) is 12.8. The number of alkyl halides is 1. The summed E-state index contributed by atoms with van der Waals surface area (Å²) in [7, 11) is 1.28. The molecular formula is C10H15ClN2O4. The minimum absolute atomic E-state index is 0.104. The average Bonchev–Trinajstić information content (AvgIpc) is 2.34. The zero-order valence-corrected chi connectivity index (χ0v) is 10.3. The molecule has 1 rings (SSSR count). The van der Waals surface area contributed by atoms with Crippen LogP contribution in [0.2, 0.25) is 0 Å². The Balaban J connectivity index is 2.58. The van der Waals surface area contributed by atoms with E-state index in [9.17, 15) is 9.59 Å². The van der Waals surface area contributed by atoms with Crippen molar-refractivity contribution in [2.45, 2.75) is 17.8 Å². The number of hydrogen-bond acceptors (Lipinski definition) is 5. The van der Waals surface area contributed by atoms with Crippen molar-refractivity contribution < 1.29 is 19.1 Å². The third-order valence-electron chi connectivity index (χ3n) is 2.21. The third kappa shape index (κ3) is 3.90. The molecule has 1 aliphatic heterocycles. The summed E-state index contributed by atoms with van der Waals surface area (Å²) < 4.78 is 9.43. The third-order valence-corrected chi connectivity index (χ3v) is 2.53. The Bertz CT molecular complexity index is 311. The Labute approximate surface area is 104 Å². The molecule has 17 heavy (non-hydrogen) atoms. The fraction of sp³-hybridized carbons (Fsp3) is 0.600. The normalized spacial score (nSPS) is 24.0. The molecule has 1 aliphatic rings. The maximum absolute atomic E-state index is 11.5. The molecule has 0 aromatic heterocycles. The van der Waals surface area contributed by atoms with E-state index in [0.717, 1.165) is 0 Å². The number of nitrogens with one attached hydrogen (secondary N) is 1. The summed E-state index contributed by atoms with van der Waals surface area (Å²) in [6.07, 6.45) is 1.27. The highest BCUT2D eigenvalue weighted by Gasteiger charge is 2.33. The van der Waals surface area contributed by atoms with Gasteiger partial charge in [-0.15, -0.1) is 11.6 Å². The van der Waals surface area contributed by atoms with E-state index in [2.05, 4.69) is 16.7 Å². The van der Waals surface area contributed by atoms with Crippen LogP contribution in [-0.2, 0) is 14.3 Å². The van der Waals surface area contributed by atoms with Crippen LogP contribution in [0, 0.1) is 0 Å². The van der Waals surface area contributed by atoms with Crippen molar-refractivity contribution in [3.05, 3.63) is 12.7 Å². The number of esters is 1. The molecule has 0 aromatic rings. The maximum Gasteiger partial charge on any atom is 0.424 e. The van der Waals surface area contributed by atoms with Crippen LogP contribution >= 0.6 is 11.6 Å². The largest absolute Gasteiger partial charge is 0.468 e. The van der Waals surface area contributed by atoms with Gasteiger partial charge in [-0.1, -0.05) is 12.7 Å². The first-order valence-electron chi connectivity index (χ1n) is 5.11. The Morgan fingerprint density at radius 3 is 2.94 bits per heavy atom. The Morgan fingerprint density at radius 2 is 2.35 bits per heavy atom. The second-order valence-electron chi connectivity index (χ2n) is 3.51. The summed E-state index contributed by atoms with van der Waals surface area (Å²) in [6.45, 7) is 3.81.